The molecular weight excluding hydrogens is 244 g/mol. The average Bonchev–Trinajstić information content (AvgIpc) is 2.98. The van der Waals surface area contributed by atoms with Crippen molar-refractivity contribution in [3.05, 3.63) is 16.1 Å². The molecule has 18 heavy (non-hydrogen) atoms. The molecule has 1 aromatic rings. The molecule has 0 unspecified atom stereocenters. The van der Waals surface area contributed by atoms with Crippen LogP contribution >= 0.6 is 11.3 Å². The predicted molar refractivity (Wildman–Crippen MR) is 76.0 cm³/mol. The van der Waals surface area contributed by atoms with Gasteiger partial charge in [0.05, 0.1) is 11.2 Å². The number of aromatic nitrogens is 1. The molecule has 1 heterocycles. The second-order valence-corrected chi connectivity index (χ2v) is 6.41. The Morgan fingerprint density at radius 3 is 2.67 bits per heavy atom. The lowest BCUT2D eigenvalue weighted by atomic mass is 10.0. The number of nitrogens with zero attached hydrogens (tertiary/aromatic N) is 1. The van der Waals surface area contributed by atoms with Gasteiger partial charge in [0.15, 0.2) is 0 Å². The van der Waals surface area contributed by atoms with E-state index in [1.807, 2.05) is 7.05 Å². The van der Waals surface area contributed by atoms with Gasteiger partial charge < -0.3 is 10.1 Å². The van der Waals surface area contributed by atoms with E-state index in [0.29, 0.717) is 0 Å². The summed E-state index contributed by atoms with van der Waals surface area (Å²) in [6.07, 6.45) is 4.75. The second kappa shape index (κ2) is 5.27. The van der Waals surface area contributed by atoms with Gasteiger partial charge in [-0.05, 0) is 40.7 Å². The van der Waals surface area contributed by atoms with Crippen LogP contribution in [0.2, 0.25) is 0 Å². The third-order valence-electron chi connectivity index (χ3n) is 3.99. The maximum absolute atomic E-state index is 6.06. The smallest absolute Gasteiger partial charge is 0.125 e. The summed E-state index contributed by atoms with van der Waals surface area (Å²) in [5.41, 5.74) is 0.957. The van der Waals surface area contributed by atoms with Crippen molar-refractivity contribution < 1.29 is 4.74 Å². The largest absolute Gasteiger partial charge is 0.368 e. The molecule has 1 aliphatic carbocycles. The monoisotopic (exact) mass is 268 g/mol. The molecule has 1 N–H and O–H groups in total. The van der Waals surface area contributed by atoms with Crippen molar-refractivity contribution in [1.82, 2.24) is 10.3 Å². The first-order valence-corrected chi connectivity index (χ1v) is 7.71. The standard InChI is InChI=1S/C14H24N2OS/c1-5-17-14(8-6-7-9-14)12-16-11(10-18-12)13(2,3)15-4/h10,15H,5-9H2,1-4H3. The minimum atomic E-state index is -0.0957. The molecule has 1 aliphatic rings. The zero-order valence-corrected chi connectivity index (χ0v) is 12.7. The summed E-state index contributed by atoms with van der Waals surface area (Å²) in [5.74, 6) is 0. The topological polar surface area (TPSA) is 34.1 Å². The van der Waals surface area contributed by atoms with E-state index in [9.17, 15) is 0 Å². The fourth-order valence-electron chi connectivity index (χ4n) is 2.54. The van der Waals surface area contributed by atoms with Crippen LogP contribution in [0.25, 0.3) is 0 Å². The molecule has 0 saturated heterocycles. The number of hydrogen-bond acceptors (Lipinski definition) is 4. The lowest BCUT2D eigenvalue weighted by Gasteiger charge is -2.27. The van der Waals surface area contributed by atoms with Gasteiger partial charge in [0, 0.05) is 12.0 Å². The predicted octanol–water partition coefficient (Wildman–Crippen LogP) is 3.40. The number of hydrogen-bond donors (Lipinski definition) is 1. The highest BCUT2D eigenvalue weighted by Gasteiger charge is 2.39. The van der Waals surface area contributed by atoms with Crippen molar-refractivity contribution in [1.29, 1.82) is 0 Å². The van der Waals surface area contributed by atoms with Gasteiger partial charge in [-0.1, -0.05) is 12.8 Å². The maximum Gasteiger partial charge on any atom is 0.125 e. The highest BCUT2D eigenvalue weighted by Crippen LogP contribution is 2.43. The van der Waals surface area contributed by atoms with Gasteiger partial charge in [-0.2, -0.15) is 0 Å². The third-order valence-corrected chi connectivity index (χ3v) is 5.02. The molecule has 0 spiro atoms. The molecule has 0 atom stereocenters. The number of thiazole rings is 1. The van der Waals surface area contributed by atoms with E-state index in [0.717, 1.165) is 25.1 Å². The van der Waals surface area contributed by atoms with Crippen LogP contribution in [0.15, 0.2) is 5.38 Å². The van der Waals surface area contributed by atoms with E-state index in [1.165, 1.54) is 17.8 Å². The van der Waals surface area contributed by atoms with E-state index < -0.39 is 0 Å². The number of rotatable bonds is 5. The normalized spacial score (nSPS) is 19.3. The summed E-state index contributed by atoms with van der Waals surface area (Å²) in [5, 5.41) is 6.65. The summed E-state index contributed by atoms with van der Waals surface area (Å²) >= 11 is 1.75. The second-order valence-electron chi connectivity index (χ2n) is 5.55. The van der Waals surface area contributed by atoms with Gasteiger partial charge >= 0.3 is 0 Å². The molecule has 1 aromatic heterocycles. The van der Waals surface area contributed by atoms with Crippen LogP contribution in [0.1, 0.15) is 57.2 Å². The highest BCUT2D eigenvalue weighted by molar-refractivity contribution is 7.09. The van der Waals surface area contributed by atoms with Gasteiger partial charge in [0.2, 0.25) is 0 Å². The Labute approximate surface area is 114 Å². The lowest BCUT2D eigenvalue weighted by molar-refractivity contribution is -0.0392. The molecule has 2 rings (SSSR count). The Morgan fingerprint density at radius 2 is 2.11 bits per heavy atom. The van der Waals surface area contributed by atoms with Crippen LogP contribution < -0.4 is 5.32 Å². The zero-order valence-electron chi connectivity index (χ0n) is 11.9. The molecule has 0 radical (unpaired) electrons. The molecule has 3 nitrogen and oxygen atoms in total. The van der Waals surface area contributed by atoms with E-state index in [-0.39, 0.29) is 11.1 Å². The molecular formula is C14H24N2OS. The Kier molecular flexibility index (Phi) is 4.09. The van der Waals surface area contributed by atoms with Gasteiger partial charge in [-0.3, -0.25) is 0 Å². The van der Waals surface area contributed by atoms with E-state index >= 15 is 0 Å². The van der Waals surface area contributed by atoms with Gasteiger partial charge in [0.1, 0.15) is 10.6 Å². The van der Waals surface area contributed by atoms with Crippen molar-refractivity contribution in [3.8, 4) is 0 Å². The lowest BCUT2D eigenvalue weighted by Crippen LogP contribution is -2.34. The molecule has 0 aromatic carbocycles. The van der Waals surface area contributed by atoms with Crippen molar-refractivity contribution in [2.45, 2.75) is 57.6 Å². The van der Waals surface area contributed by atoms with E-state index in [1.54, 1.807) is 11.3 Å². The van der Waals surface area contributed by atoms with E-state index in [2.05, 4.69) is 31.5 Å². The Hall–Kier alpha value is -0.450. The molecule has 1 fully saturated rings. The fourth-order valence-corrected chi connectivity index (χ4v) is 3.74. The molecule has 0 amide bonds. The van der Waals surface area contributed by atoms with Crippen molar-refractivity contribution in [3.63, 3.8) is 0 Å². The van der Waals surface area contributed by atoms with Crippen LogP contribution in [0.3, 0.4) is 0 Å². The summed E-state index contributed by atoms with van der Waals surface area (Å²) in [4.78, 5) is 4.86. The summed E-state index contributed by atoms with van der Waals surface area (Å²) in [7, 11) is 1.98. The van der Waals surface area contributed by atoms with Crippen LogP contribution in [-0.2, 0) is 15.9 Å². The Bertz CT molecular complexity index is 394. The molecule has 0 aliphatic heterocycles. The Morgan fingerprint density at radius 1 is 1.44 bits per heavy atom. The van der Waals surface area contributed by atoms with Gasteiger partial charge in [-0.15, -0.1) is 11.3 Å². The Balaban J connectivity index is 2.28. The minimum absolute atomic E-state index is 0.0687. The third kappa shape index (κ3) is 2.46. The van der Waals surface area contributed by atoms with Crippen LogP contribution in [0.4, 0.5) is 0 Å². The number of nitrogens with one attached hydrogen (secondary N) is 1. The van der Waals surface area contributed by atoms with E-state index in [4.69, 9.17) is 9.72 Å². The number of ether oxygens (including phenoxy) is 1. The fraction of sp³-hybridized carbons (Fsp3) is 0.786. The molecule has 102 valence electrons. The molecule has 4 heteroatoms. The first-order chi connectivity index (χ1) is 8.54. The molecule has 0 bridgehead atoms. The summed E-state index contributed by atoms with van der Waals surface area (Å²) in [6, 6.07) is 0. The zero-order chi connectivity index (χ0) is 13.2. The minimum Gasteiger partial charge on any atom is -0.368 e. The van der Waals surface area contributed by atoms with Crippen LogP contribution in [0, 0.1) is 0 Å². The molecule has 1 saturated carbocycles. The first kappa shape index (κ1) is 14.0. The summed E-state index contributed by atoms with van der Waals surface area (Å²) in [6.45, 7) is 7.16. The van der Waals surface area contributed by atoms with Gasteiger partial charge in [0.25, 0.3) is 0 Å². The van der Waals surface area contributed by atoms with Gasteiger partial charge in [-0.25, -0.2) is 4.98 Å². The van der Waals surface area contributed by atoms with Crippen LogP contribution in [0.5, 0.6) is 0 Å². The van der Waals surface area contributed by atoms with Crippen molar-refractivity contribution in [2.75, 3.05) is 13.7 Å². The van der Waals surface area contributed by atoms with Crippen molar-refractivity contribution >= 4 is 11.3 Å². The van der Waals surface area contributed by atoms with Crippen LogP contribution in [-0.4, -0.2) is 18.6 Å². The quantitative estimate of drug-likeness (QED) is 0.888. The summed E-state index contributed by atoms with van der Waals surface area (Å²) < 4.78 is 6.06. The van der Waals surface area contributed by atoms with Crippen molar-refractivity contribution in [2.24, 2.45) is 0 Å². The maximum atomic E-state index is 6.06. The first-order valence-electron chi connectivity index (χ1n) is 6.83. The highest BCUT2D eigenvalue weighted by atomic mass is 32.1. The SMILES string of the molecule is CCOC1(c2nc(C(C)(C)NC)cs2)CCCC1. The average molecular weight is 268 g/mol.